The molecule has 7 nitrogen and oxygen atoms in total. The van der Waals surface area contributed by atoms with Crippen LogP contribution in [0.15, 0.2) is 18.2 Å². The Morgan fingerprint density at radius 2 is 1.92 bits per heavy atom. The van der Waals surface area contributed by atoms with Crippen LogP contribution in [0, 0.1) is 22.0 Å². The van der Waals surface area contributed by atoms with Crippen molar-refractivity contribution in [2.24, 2.45) is 11.8 Å². The number of aliphatic hydroxyl groups is 1. The molecule has 1 aromatic rings. The molecule has 0 amide bonds. The van der Waals surface area contributed by atoms with Crippen molar-refractivity contribution in [1.82, 2.24) is 0 Å². The summed E-state index contributed by atoms with van der Waals surface area (Å²) in [5.41, 5.74) is 0.948. The topological polar surface area (TPSA) is 91.1 Å². The van der Waals surface area contributed by atoms with Gasteiger partial charge < -0.3 is 19.3 Å². The highest BCUT2D eigenvalue weighted by Crippen LogP contribution is 2.30. The number of nitrogens with zero attached hydrogens (tertiary/aromatic N) is 1. The Bertz CT molecular complexity index is 534. The minimum atomic E-state index is -0.983. The minimum Gasteiger partial charge on any atom is -0.493 e. The predicted octanol–water partition coefficient (Wildman–Crippen LogP) is 2.56. The first kappa shape index (κ1) is 21.2. The van der Waals surface area contributed by atoms with Gasteiger partial charge in [-0.3, -0.25) is 10.1 Å². The zero-order valence-electron chi connectivity index (χ0n) is 15.4. The van der Waals surface area contributed by atoms with Crippen LogP contribution in [0.3, 0.4) is 0 Å². The molecule has 0 spiro atoms. The summed E-state index contributed by atoms with van der Waals surface area (Å²) in [6, 6.07) is 5.59. The lowest BCUT2D eigenvalue weighted by atomic mass is 9.84. The van der Waals surface area contributed by atoms with Crippen molar-refractivity contribution in [3.8, 4) is 11.5 Å². The van der Waals surface area contributed by atoms with Gasteiger partial charge in [0, 0.05) is 25.1 Å². The van der Waals surface area contributed by atoms with Crippen molar-refractivity contribution in [3.63, 3.8) is 0 Å². The van der Waals surface area contributed by atoms with Crippen molar-refractivity contribution in [3.05, 3.63) is 33.9 Å². The molecule has 1 N–H and O–H groups in total. The van der Waals surface area contributed by atoms with Crippen LogP contribution in [0.4, 0.5) is 0 Å². The molecular formula is C18H29NO6. The van der Waals surface area contributed by atoms with Crippen LogP contribution >= 0.6 is 0 Å². The Balaban J connectivity index is 2.86. The molecule has 1 rings (SSSR count). The van der Waals surface area contributed by atoms with Crippen LogP contribution in [0.1, 0.15) is 25.8 Å². The van der Waals surface area contributed by atoms with Gasteiger partial charge in [0.1, 0.15) is 6.10 Å². The molecule has 0 fully saturated rings. The summed E-state index contributed by atoms with van der Waals surface area (Å²) >= 11 is 0. The molecule has 0 saturated heterocycles. The fraction of sp³-hybridized carbons (Fsp3) is 0.667. The number of hydrogen-bond donors (Lipinski definition) is 1. The fourth-order valence-corrected chi connectivity index (χ4v) is 2.72. The molecule has 1 unspecified atom stereocenters. The van der Waals surface area contributed by atoms with Gasteiger partial charge in [0.2, 0.25) is 6.54 Å². The van der Waals surface area contributed by atoms with Gasteiger partial charge in [-0.25, -0.2) is 0 Å². The molecule has 0 aliphatic heterocycles. The molecule has 0 aromatic heterocycles. The monoisotopic (exact) mass is 355 g/mol. The summed E-state index contributed by atoms with van der Waals surface area (Å²) < 4.78 is 16.1. The molecule has 0 aliphatic carbocycles. The van der Waals surface area contributed by atoms with Crippen LogP contribution in [0.25, 0.3) is 0 Å². The van der Waals surface area contributed by atoms with Crippen molar-refractivity contribution in [2.45, 2.75) is 32.8 Å². The van der Waals surface area contributed by atoms with E-state index < -0.39 is 17.6 Å². The first-order valence-corrected chi connectivity index (χ1v) is 8.47. The summed E-state index contributed by atoms with van der Waals surface area (Å²) in [6.07, 6.45) is 0.314. The van der Waals surface area contributed by atoms with Gasteiger partial charge in [-0.1, -0.05) is 19.9 Å². The van der Waals surface area contributed by atoms with Crippen LogP contribution < -0.4 is 9.47 Å². The Labute approximate surface area is 149 Å². The molecule has 1 aromatic carbocycles. The van der Waals surface area contributed by atoms with E-state index in [2.05, 4.69) is 0 Å². The van der Waals surface area contributed by atoms with Crippen LogP contribution in [0.2, 0.25) is 0 Å². The average Bonchev–Trinajstić information content (AvgIpc) is 2.55. The van der Waals surface area contributed by atoms with E-state index in [1.807, 2.05) is 32.0 Å². The van der Waals surface area contributed by atoms with Crippen molar-refractivity contribution in [1.29, 1.82) is 0 Å². The van der Waals surface area contributed by atoms with E-state index in [9.17, 15) is 15.2 Å². The molecule has 0 bridgehead atoms. The second-order valence-electron chi connectivity index (χ2n) is 6.37. The zero-order chi connectivity index (χ0) is 18.8. The summed E-state index contributed by atoms with van der Waals surface area (Å²) in [5, 5.41) is 20.9. The summed E-state index contributed by atoms with van der Waals surface area (Å²) in [6.45, 7) is 4.59. The smallest absolute Gasteiger partial charge is 0.229 e. The van der Waals surface area contributed by atoms with Crippen molar-refractivity contribution in [2.75, 3.05) is 34.0 Å². The predicted molar refractivity (Wildman–Crippen MR) is 94.9 cm³/mol. The van der Waals surface area contributed by atoms with Gasteiger partial charge in [0.25, 0.3) is 0 Å². The Hall–Kier alpha value is -1.86. The quantitative estimate of drug-likeness (QED) is 0.352. The molecule has 0 heterocycles. The second kappa shape index (κ2) is 10.9. The molecule has 7 heteroatoms. The van der Waals surface area contributed by atoms with Crippen LogP contribution in [-0.2, 0) is 11.2 Å². The maximum Gasteiger partial charge on any atom is 0.229 e. The van der Waals surface area contributed by atoms with Gasteiger partial charge in [-0.15, -0.1) is 0 Å². The van der Waals surface area contributed by atoms with E-state index in [-0.39, 0.29) is 11.8 Å². The van der Waals surface area contributed by atoms with E-state index in [0.717, 1.165) is 12.0 Å². The largest absolute Gasteiger partial charge is 0.493 e. The standard InChI is InChI=1S/C18H29NO6/c1-13(2)15(16(20)12-19(21)22)10-14-6-7-17(24-4)18(11-14)25-9-5-8-23-3/h6-7,11,13,15-16,20H,5,8-10,12H2,1-4H3/t15?,16-/m0/s1. The molecular weight excluding hydrogens is 326 g/mol. The third-order valence-electron chi connectivity index (χ3n) is 4.14. The summed E-state index contributed by atoms with van der Waals surface area (Å²) in [4.78, 5) is 10.2. The third kappa shape index (κ3) is 7.27. The SMILES string of the molecule is COCCCOc1cc(CC(C(C)C)[C@@H](O)C[N+](=O)[O-])ccc1OC. The van der Waals surface area contributed by atoms with E-state index in [0.29, 0.717) is 31.1 Å². The van der Waals surface area contributed by atoms with Gasteiger partial charge >= 0.3 is 0 Å². The molecule has 0 aliphatic rings. The number of nitro groups is 1. The molecule has 25 heavy (non-hydrogen) atoms. The number of hydrogen-bond acceptors (Lipinski definition) is 6. The lowest BCUT2D eigenvalue weighted by Gasteiger charge is -2.24. The number of benzene rings is 1. The lowest BCUT2D eigenvalue weighted by molar-refractivity contribution is -0.492. The molecule has 0 saturated carbocycles. The number of methoxy groups -OCH3 is 2. The van der Waals surface area contributed by atoms with E-state index >= 15 is 0 Å². The maximum atomic E-state index is 10.7. The highest BCUT2D eigenvalue weighted by Gasteiger charge is 2.27. The fourth-order valence-electron chi connectivity index (χ4n) is 2.72. The lowest BCUT2D eigenvalue weighted by Crippen LogP contribution is -2.33. The molecule has 0 radical (unpaired) electrons. The van der Waals surface area contributed by atoms with Gasteiger partial charge in [-0.05, 0) is 36.0 Å². The second-order valence-corrected chi connectivity index (χ2v) is 6.37. The molecule has 142 valence electrons. The van der Waals surface area contributed by atoms with E-state index in [4.69, 9.17) is 14.2 Å². The Kier molecular flexibility index (Phi) is 9.23. The highest BCUT2D eigenvalue weighted by atomic mass is 16.6. The summed E-state index contributed by atoms with van der Waals surface area (Å²) in [5.74, 6) is 1.17. The third-order valence-corrected chi connectivity index (χ3v) is 4.14. The first-order chi connectivity index (χ1) is 11.9. The van der Waals surface area contributed by atoms with E-state index in [1.165, 1.54) is 0 Å². The minimum absolute atomic E-state index is 0.114. The first-order valence-electron chi connectivity index (χ1n) is 8.47. The van der Waals surface area contributed by atoms with Crippen LogP contribution in [0.5, 0.6) is 11.5 Å². The zero-order valence-corrected chi connectivity index (χ0v) is 15.4. The summed E-state index contributed by atoms with van der Waals surface area (Å²) in [7, 11) is 3.22. The maximum absolute atomic E-state index is 10.7. The van der Waals surface area contributed by atoms with Crippen LogP contribution in [-0.4, -0.2) is 50.1 Å². The normalized spacial score (nSPS) is 13.5. The van der Waals surface area contributed by atoms with Gasteiger partial charge in [0.15, 0.2) is 11.5 Å². The average molecular weight is 355 g/mol. The van der Waals surface area contributed by atoms with Crippen molar-refractivity contribution < 1.29 is 24.2 Å². The van der Waals surface area contributed by atoms with Gasteiger partial charge in [-0.2, -0.15) is 0 Å². The number of ether oxygens (including phenoxy) is 3. The number of aliphatic hydroxyl groups excluding tert-OH is 1. The molecule has 2 atom stereocenters. The number of rotatable bonds is 12. The Morgan fingerprint density at radius 1 is 1.20 bits per heavy atom. The van der Waals surface area contributed by atoms with Gasteiger partial charge in [0.05, 0.1) is 13.7 Å². The Morgan fingerprint density at radius 3 is 2.48 bits per heavy atom. The van der Waals surface area contributed by atoms with E-state index in [1.54, 1.807) is 14.2 Å². The van der Waals surface area contributed by atoms with Crippen molar-refractivity contribution >= 4 is 0 Å². The highest BCUT2D eigenvalue weighted by molar-refractivity contribution is 5.43.